The number of hydrogen-bond donors (Lipinski definition) is 3. The second kappa shape index (κ2) is 14.6. The Bertz CT molecular complexity index is 1960. The predicted octanol–water partition coefficient (Wildman–Crippen LogP) is 6.61. The number of aromatic nitrogens is 1. The summed E-state index contributed by atoms with van der Waals surface area (Å²) < 4.78 is 98.0. The van der Waals surface area contributed by atoms with Crippen molar-refractivity contribution in [3.05, 3.63) is 99.7 Å². The molecule has 0 unspecified atom stereocenters. The number of carbonyl (C=O) groups excluding carboxylic acids is 1. The summed E-state index contributed by atoms with van der Waals surface area (Å²) in [5, 5.41) is 11.6. The number of aromatic amines is 1. The van der Waals surface area contributed by atoms with Crippen LogP contribution in [0, 0.1) is 0 Å². The SMILES string of the molecule is O=C(NC1CCN(S(=O)(=O)c2ccc(Cl)cc2)CC1)c1ccc2[nH]c3c(c2c1)CN(Cc1ccc(C(F)(F)F)cc1)CC3.O=C(O)C(F)(F)F. The number of rotatable bonds is 6. The number of alkyl halides is 6. The highest BCUT2D eigenvalue weighted by Gasteiger charge is 2.38. The van der Waals surface area contributed by atoms with E-state index in [4.69, 9.17) is 21.5 Å². The maximum atomic E-state index is 13.2. The number of halogens is 7. The van der Waals surface area contributed by atoms with E-state index < -0.39 is 33.9 Å². The number of nitrogens with zero attached hydrogens (tertiary/aromatic N) is 2. The van der Waals surface area contributed by atoms with Crippen molar-refractivity contribution in [1.82, 2.24) is 19.5 Å². The molecule has 2 aliphatic heterocycles. The summed E-state index contributed by atoms with van der Waals surface area (Å²) in [6.07, 6.45) is -7.68. The molecule has 4 aromatic rings. The van der Waals surface area contributed by atoms with Gasteiger partial charge in [0, 0.05) is 72.4 Å². The van der Waals surface area contributed by atoms with Gasteiger partial charge in [-0.15, -0.1) is 0 Å². The molecule has 17 heteroatoms. The van der Waals surface area contributed by atoms with Crippen molar-refractivity contribution in [3.8, 4) is 0 Å². The van der Waals surface area contributed by atoms with Crippen molar-refractivity contribution >= 4 is 44.4 Å². The molecule has 6 rings (SSSR count). The van der Waals surface area contributed by atoms with Crippen LogP contribution in [0.1, 0.15) is 45.6 Å². The van der Waals surface area contributed by atoms with Crippen LogP contribution in [-0.4, -0.2) is 71.4 Å². The van der Waals surface area contributed by atoms with Crippen molar-refractivity contribution in [2.45, 2.75) is 55.6 Å². The number of amides is 1. The molecule has 0 saturated carbocycles. The van der Waals surface area contributed by atoms with Crippen molar-refractivity contribution in [2.24, 2.45) is 0 Å². The summed E-state index contributed by atoms with van der Waals surface area (Å²) in [4.78, 5) is 28.0. The molecule has 1 saturated heterocycles. The van der Waals surface area contributed by atoms with Crippen LogP contribution in [0.3, 0.4) is 0 Å². The highest BCUT2D eigenvalue weighted by atomic mass is 35.5. The largest absolute Gasteiger partial charge is 0.490 e. The fourth-order valence-electron chi connectivity index (χ4n) is 5.87. The molecule has 0 spiro atoms. The molecule has 0 radical (unpaired) electrons. The van der Waals surface area contributed by atoms with Crippen LogP contribution in [0.25, 0.3) is 10.9 Å². The van der Waals surface area contributed by atoms with Gasteiger partial charge in [0.2, 0.25) is 10.0 Å². The summed E-state index contributed by atoms with van der Waals surface area (Å²) >= 11 is 5.90. The predicted molar refractivity (Wildman–Crippen MR) is 172 cm³/mol. The van der Waals surface area contributed by atoms with Crippen molar-refractivity contribution in [3.63, 3.8) is 0 Å². The Kier molecular flexibility index (Phi) is 10.9. The zero-order chi connectivity index (χ0) is 36.4. The third-order valence-electron chi connectivity index (χ3n) is 8.49. The monoisotopic (exact) mass is 744 g/mol. The number of fused-ring (bicyclic) bond motifs is 3. The molecule has 2 aliphatic rings. The van der Waals surface area contributed by atoms with E-state index in [-0.39, 0.29) is 16.8 Å². The zero-order valence-electron chi connectivity index (χ0n) is 26.1. The fourth-order valence-corrected chi connectivity index (χ4v) is 7.46. The molecule has 268 valence electrons. The van der Waals surface area contributed by atoms with Crippen LogP contribution in [0.5, 0.6) is 0 Å². The molecule has 3 N–H and O–H groups in total. The molecule has 3 aromatic carbocycles. The third-order valence-corrected chi connectivity index (χ3v) is 10.7. The molecule has 3 heterocycles. The average molecular weight is 745 g/mol. The summed E-state index contributed by atoms with van der Waals surface area (Å²) in [6.45, 7) is 2.50. The van der Waals surface area contributed by atoms with Crippen molar-refractivity contribution in [1.29, 1.82) is 0 Å². The maximum absolute atomic E-state index is 13.2. The molecule has 1 aromatic heterocycles. The number of nitrogens with one attached hydrogen (secondary N) is 2. The van der Waals surface area contributed by atoms with Gasteiger partial charge in [0.1, 0.15) is 0 Å². The molecule has 0 atom stereocenters. The Labute approximate surface area is 287 Å². The van der Waals surface area contributed by atoms with Crippen LogP contribution < -0.4 is 5.32 Å². The van der Waals surface area contributed by atoms with Gasteiger partial charge in [-0.25, -0.2) is 13.2 Å². The quantitative estimate of drug-likeness (QED) is 0.191. The first-order valence-corrected chi connectivity index (χ1v) is 17.1. The molecule has 0 aliphatic carbocycles. The number of H-pyrrole nitrogens is 1. The molecule has 1 amide bonds. The van der Waals surface area contributed by atoms with E-state index in [2.05, 4.69) is 15.2 Å². The van der Waals surface area contributed by atoms with Gasteiger partial charge in [-0.2, -0.15) is 30.6 Å². The average Bonchev–Trinajstić information content (AvgIpc) is 3.42. The number of aliphatic carboxylic acids is 1. The number of carbonyl (C=O) groups is 2. The second-order valence-corrected chi connectivity index (χ2v) is 14.3. The first kappa shape index (κ1) is 37.1. The summed E-state index contributed by atoms with van der Waals surface area (Å²) in [7, 11) is -3.63. The first-order chi connectivity index (χ1) is 23.4. The highest BCUT2D eigenvalue weighted by Crippen LogP contribution is 2.32. The minimum atomic E-state index is -5.08. The van der Waals surface area contributed by atoms with Gasteiger partial charge >= 0.3 is 18.3 Å². The number of hydrogen-bond acceptors (Lipinski definition) is 5. The van der Waals surface area contributed by atoms with Gasteiger partial charge in [-0.3, -0.25) is 9.69 Å². The highest BCUT2D eigenvalue weighted by molar-refractivity contribution is 7.89. The second-order valence-electron chi connectivity index (χ2n) is 11.9. The van der Waals surface area contributed by atoms with Gasteiger partial charge in [-0.1, -0.05) is 23.7 Å². The topological polar surface area (TPSA) is 123 Å². The van der Waals surface area contributed by atoms with E-state index in [1.165, 1.54) is 28.6 Å². The van der Waals surface area contributed by atoms with Gasteiger partial charge in [0.15, 0.2) is 0 Å². The zero-order valence-corrected chi connectivity index (χ0v) is 27.7. The number of benzene rings is 3. The van der Waals surface area contributed by atoms with Crippen LogP contribution in [0.15, 0.2) is 71.6 Å². The Morgan fingerprint density at radius 3 is 2.12 bits per heavy atom. The maximum Gasteiger partial charge on any atom is 0.490 e. The van der Waals surface area contributed by atoms with E-state index in [1.54, 1.807) is 18.2 Å². The van der Waals surface area contributed by atoms with Crippen LogP contribution in [0.2, 0.25) is 5.02 Å². The lowest BCUT2D eigenvalue weighted by molar-refractivity contribution is -0.192. The first-order valence-electron chi connectivity index (χ1n) is 15.3. The van der Waals surface area contributed by atoms with Gasteiger partial charge < -0.3 is 15.4 Å². The van der Waals surface area contributed by atoms with Crippen LogP contribution >= 0.6 is 11.6 Å². The normalized spacial score (nSPS) is 16.4. The van der Waals surface area contributed by atoms with Crippen LogP contribution in [-0.2, 0) is 40.5 Å². The Balaban J connectivity index is 0.000000630. The minimum Gasteiger partial charge on any atom is -0.475 e. The van der Waals surface area contributed by atoms with E-state index in [9.17, 15) is 39.6 Å². The number of carboxylic acid groups (broad SMARTS) is 1. The number of carboxylic acids is 1. The van der Waals surface area contributed by atoms with E-state index in [0.29, 0.717) is 49.6 Å². The fraction of sp³-hybridized carbons (Fsp3) is 0.333. The molecular formula is C33H31ClF6N4O5S. The van der Waals surface area contributed by atoms with Crippen molar-refractivity contribution < 1.29 is 49.5 Å². The molecule has 1 fully saturated rings. The molecule has 9 nitrogen and oxygen atoms in total. The lowest BCUT2D eigenvalue weighted by atomic mass is 10.0. The van der Waals surface area contributed by atoms with Crippen LogP contribution in [0.4, 0.5) is 26.3 Å². The summed E-state index contributed by atoms with van der Waals surface area (Å²) in [5.41, 5.74) is 3.79. The third kappa shape index (κ3) is 8.78. The minimum absolute atomic E-state index is 0.153. The lowest BCUT2D eigenvalue weighted by Crippen LogP contribution is -2.46. The van der Waals surface area contributed by atoms with Crippen molar-refractivity contribution in [2.75, 3.05) is 19.6 Å². The lowest BCUT2D eigenvalue weighted by Gasteiger charge is -2.31. The molecule has 50 heavy (non-hydrogen) atoms. The summed E-state index contributed by atoms with van der Waals surface area (Å²) in [6, 6.07) is 16.8. The number of piperidine rings is 1. The summed E-state index contributed by atoms with van der Waals surface area (Å²) in [5.74, 6) is -2.97. The Morgan fingerprint density at radius 2 is 1.54 bits per heavy atom. The Hall–Kier alpha value is -4.12. The smallest absolute Gasteiger partial charge is 0.475 e. The van der Waals surface area contributed by atoms with Gasteiger partial charge in [0.25, 0.3) is 5.91 Å². The Morgan fingerprint density at radius 1 is 0.920 bits per heavy atom. The molecular weight excluding hydrogens is 714 g/mol. The van der Waals surface area contributed by atoms with Gasteiger partial charge in [-0.05, 0) is 78.6 Å². The van der Waals surface area contributed by atoms with E-state index in [0.717, 1.165) is 52.8 Å². The van der Waals surface area contributed by atoms with E-state index in [1.807, 2.05) is 12.1 Å². The number of sulfonamides is 1. The standard InChI is InChI=1S/C31H30ClF3N4O3S.C2HF3O2/c32-23-6-8-25(9-7-23)43(41,42)39-15-11-24(12-16-39)36-30(40)21-3-10-28-26(17-21)27-19-38(14-13-29(27)37-28)18-20-1-4-22(5-2-20)31(33,34)35;3-2(4,5)1(6)7/h1-10,17,24,37H,11-16,18-19H2,(H,36,40);(H,6,7). The molecule has 0 bridgehead atoms. The van der Waals surface area contributed by atoms with Gasteiger partial charge in [0.05, 0.1) is 10.5 Å². The van der Waals surface area contributed by atoms with E-state index >= 15 is 0 Å².